The fourth-order valence-corrected chi connectivity index (χ4v) is 0.517. The molecule has 0 rings (SSSR count). The van der Waals surface area contributed by atoms with Gasteiger partial charge >= 0.3 is 5.97 Å². The number of carbonyl (C=O) groups excluding carboxylic acids is 1. The Morgan fingerprint density at radius 1 is 1.36 bits per heavy atom. The Labute approximate surface area is 67.6 Å². The van der Waals surface area contributed by atoms with Crippen molar-refractivity contribution in [3.63, 3.8) is 0 Å². The minimum atomic E-state index is -0.293. The maximum Gasteiger partial charge on any atom is 0.330 e. The highest BCUT2D eigenvalue weighted by molar-refractivity contribution is 5.82. The van der Waals surface area contributed by atoms with E-state index in [4.69, 9.17) is 4.74 Å². The molecule has 0 N–H and O–H groups in total. The molecule has 0 amide bonds. The number of allylic oxidation sites excluding steroid dienone is 3. The molecule has 0 radical (unpaired) electrons. The second-order valence-corrected chi connectivity index (χ2v) is 2.37. The molecule has 0 saturated heterocycles. The van der Waals surface area contributed by atoms with E-state index in [1.54, 1.807) is 12.2 Å². The highest BCUT2D eigenvalue weighted by Crippen LogP contribution is 1.90. The standard InChI is InChI=1S/C9H14O2/c1-4-5-6-7-9(10)11-8(2)3/h4-8H,1-3H3/b5-4+,7-6+. The third-order valence-corrected chi connectivity index (χ3v) is 0.888. The normalized spacial score (nSPS) is 11.6. The molecule has 0 spiro atoms. The number of hydrogen-bond donors (Lipinski definition) is 0. The Balaban J connectivity index is 3.69. The Kier molecular flexibility index (Phi) is 5.17. The largest absolute Gasteiger partial charge is 0.460 e. The number of rotatable bonds is 3. The summed E-state index contributed by atoms with van der Waals surface area (Å²) in [7, 11) is 0. The van der Waals surface area contributed by atoms with Gasteiger partial charge in [0.1, 0.15) is 0 Å². The van der Waals surface area contributed by atoms with Gasteiger partial charge in [0.2, 0.25) is 0 Å². The van der Waals surface area contributed by atoms with Crippen LogP contribution in [0.15, 0.2) is 24.3 Å². The van der Waals surface area contributed by atoms with Crippen LogP contribution in [0.2, 0.25) is 0 Å². The first-order chi connectivity index (χ1) is 5.16. The van der Waals surface area contributed by atoms with Crippen LogP contribution in [0.1, 0.15) is 20.8 Å². The van der Waals surface area contributed by atoms with Crippen LogP contribution in [0.25, 0.3) is 0 Å². The first-order valence-electron chi connectivity index (χ1n) is 3.66. The SMILES string of the molecule is C/C=C/C=C/C(=O)OC(C)C. The molecule has 0 bridgehead atoms. The Hall–Kier alpha value is -1.05. The Morgan fingerprint density at radius 3 is 2.45 bits per heavy atom. The van der Waals surface area contributed by atoms with Crippen molar-refractivity contribution in [2.75, 3.05) is 0 Å². The van der Waals surface area contributed by atoms with Gasteiger partial charge in [-0.25, -0.2) is 4.79 Å². The summed E-state index contributed by atoms with van der Waals surface area (Å²) in [6.07, 6.45) is 6.64. The zero-order chi connectivity index (χ0) is 8.69. The average molecular weight is 154 g/mol. The van der Waals surface area contributed by atoms with Crippen LogP contribution in [0, 0.1) is 0 Å². The van der Waals surface area contributed by atoms with Crippen molar-refractivity contribution < 1.29 is 9.53 Å². The quantitative estimate of drug-likeness (QED) is 0.353. The molecule has 0 fully saturated rings. The van der Waals surface area contributed by atoms with Crippen LogP contribution in [0.4, 0.5) is 0 Å². The topological polar surface area (TPSA) is 26.3 Å². The van der Waals surface area contributed by atoms with E-state index in [-0.39, 0.29) is 12.1 Å². The lowest BCUT2D eigenvalue weighted by Gasteiger charge is -2.03. The maximum absolute atomic E-state index is 10.8. The molecule has 2 heteroatoms. The lowest BCUT2D eigenvalue weighted by Crippen LogP contribution is -2.08. The molecule has 0 aromatic heterocycles. The summed E-state index contributed by atoms with van der Waals surface area (Å²) >= 11 is 0. The summed E-state index contributed by atoms with van der Waals surface area (Å²) in [5.74, 6) is -0.293. The molecule has 11 heavy (non-hydrogen) atoms. The van der Waals surface area contributed by atoms with Gasteiger partial charge < -0.3 is 4.74 Å². The smallest absolute Gasteiger partial charge is 0.330 e. The summed E-state index contributed by atoms with van der Waals surface area (Å²) in [5, 5.41) is 0. The van der Waals surface area contributed by atoms with Crippen LogP contribution < -0.4 is 0 Å². The molecule has 0 atom stereocenters. The molecule has 0 saturated carbocycles. The number of carbonyl (C=O) groups is 1. The molecule has 0 heterocycles. The molecule has 0 aromatic rings. The molecule has 0 aliphatic rings. The first kappa shape index (κ1) is 9.95. The van der Waals surface area contributed by atoms with Crippen molar-refractivity contribution >= 4 is 5.97 Å². The third-order valence-electron chi connectivity index (χ3n) is 0.888. The van der Waals surface area contributed by atoms with Crippen LogP contribution in [0.3, 0.4) is 0 Å². The summed E-state index contributed by atoms with van der Waals surface area (Å²) < 4.78 is 4.84. The fraction of sp³-hybridized carbons (Fsp3) is 0.444. The van der Waals surface area contributed by atoms with Crippen molar-refractivity contribution in [1.29, 1.82) is 0 Å². The van der Waals surface area contributed by atoms with E-state index >= 15 is 0 Å². The van der Waals surface area contributed by atoms with Crippen LogP contribution in [0.5, 0.6) is 0 Å². The number of esters is 1. The molecular formula is C9H14O2. The Bertz CT molecular complexity index is 166. The second kappa shape index (κ2) is 5.71. The van der Waals surface area contributed by atoms with Gasteiger partial charge in [-0.05, 0) is 20.8 Å². The van der Waals surface area contributed by atoms with Crippen molar-refractivity contribution in [2.24, 2.45) is 0 Å². The minimum Gasteiger partial charge on any atom is -0.460 e. The molecule has 62 valence electrons. The molecule has 2 nitrogen and oxygen atoms in total. The predicted molar refractivity (Wildman–Crippen MR) is 45.2 cm³/mol. The lowest BCUT2D eigenvalue weighted by atomic mass is 10.4. The van der Waals surface area contributed by atoms with Crippen LogP contribution in [-0.4, -0.2) is 12.1 Å². The molecule has 0 aromatic carbocycles. The molecule has 0 aliphatic heterocycles. The Morgan fingerprint density at radius 2 is 2.00 bits per heavy atom. The van der Waals surface area contributed by atoms with Gasteiger partial charge in [-0.2, -0.15) is 0 Å². The monoisotopic (exact) mass is 154 g/mol. The number of hydrogen-bond acceptors (Lipinski definition) is 2. The fourth-order valence-electron chi connectivity index (χ4n) is 0.517. The van der Waals surface area contributed by atoms with E-state index in [1.807, 2.05) is 26.8 Å². The molecular weight excluding hydrogens is 140 g/mol. The highest BCUT2D eigenvalue weighted by atomic mass is 16.5. The maximum atomic E-state index is 10.8. The summed E-state index contributed by atoms with van der Waals surface area (Å²) in [6.45, 7) is 5.53. The van der Waals surface area contributed by atoms with E-state index in [0.29, 0.717) is 0 Å². The zero-order valence-electron chi connectivity index (χ0n) is 7.20. The predicted octanol–water partition coefficient (Wildman–Crippen LogP) is 2.07. The highest BCUT2D eigenvalue weighted by Gasteiger charge is 1.97. The van der Waals surface area contributed by atoms with Gasteiger partial charge in [0.15, 0.2) is 0 Å². The van der Waals surface area contributed by atoms with E-state index < -0.39 is 0 Å². The van der Waals surface area contributed by atoms with Gasteiger partial charge in [-0.1, -0.05) is 18.2 Å². The van der Waals surface area contributed by atoms with E-state index in [2.05, 4.69) is 0 Å². The van der Waals surface area contributed by atoms with E-state index in [9.17, 15) is 4.79 Å². The summed E-state index contributed by atoms with van der Waals surface area (Å²) in [4.78, 5) is 10.8. The zero-order valence-corrected chi connectivity index (χ0v) is 7.20. The van der Waals surface area contributed by atoms with Crippen molar-refractivity contribution in [2.45, 2.75) is 26.9 Å². The van der Waals surface area contributed by atoms with Gasteiger partial charge in [0, 0.05) is 6.08 Å². The summed E-state index contributed by atoms with van der Waals surface area (Å²) in [6, 6.07) is 0. The van der Waals surface area contributed by atoms with Crippen LogP contribution in [-0.2, 0) is 9.53 Å². The minimum absolute atomic E-state index is 0.0437. The molecule has 0 unspecified atom stereocenters. The first-order valence-corrected chi connectivity index (χ1v) is 3.66. The van der Waals surface area contributed by atoms with E-state index in [1.165, 1.54) is 6.08 Å². The van der Waals surface area contributed by atoms with Gasteiger partial charge in [0.05, 0.1) is 6.10 Å². The third kappa shape index (κ3) is 6.84. The van der Waals surface area contributed by atoms with Gasteiger partial charge in [-0.15, -0.1) is 0 Å². The average Bonchev–Trinajstić information content (AvgIpc) is 1.86. The second-order valence-electron chi connectivity index (χ2n) is 2.37. The van der Waals surface area contributed by atoms with Crippen LogP contribution >= 0.6 is 0 Å². The lowest BCUT2D eigenvalue weighted by molar-refractivity contribution is -0.141. The van der Waals surface area contributed by atoms with Gasteiger partial charge in [-0.3, -0.25) is 0 Å². The molecule has 0 aliphatic carbocycles. The summed E-state index contributed by atoms with van der Waals surface area (Å²) in [5.41, 5.74) is 0. The van der Waals surface area contributed by atoms with Crippen molar-refractivity contribution in [3.8, 4) is 0 Å². The van der Waals surface area contributed by atoms with Crippen molar-refractivity contribution in [1.82, 2.24) is 0 Å². The number of ether oxygens (including phenoxy) is 1. The van der Waals surface area contributed by atoms with Crippen molar-refractivity contribution in [3.05, 3.63) is 24.3 Å². The van der Waals surface area contributed by atoms with E-state index in [0.717, 1.165) is 0 Å². The van der Waals surface area contributed by atoms with Gasteiger partial charge in [0.25, 0.3) is 0 Å².